The molecule has 1 aromatic heterocycles. The van der Waals surface area contributed by atoms with E-state index in [2.05, 4.69) is 31.1 Å². The Bertz CT molecular complexity index is 512. The molecule has 1 aromatic rings. The average molecular weight is 274 g/mol. The van der Waals surface area contributed by atoms with Gasteiger partial charge in [-0.2, -0.15) is 0 Å². The van der Waals surface area contributed by atoms with E-state index in [0.29, 0.717) is 13.0 Å². The van der Waals surface area contributed by atoms with Crippen LogP contribution in [0.4, 0.5) is 0 Å². The SMILES string of the molecule is CC(C)(C)NCc1nc2c(s1)CS(=O)(=O)CC2. The van der Waals surface area contributed by atoms with Crippen molar-refractivity contribution in [2.75, 3.05) is 5.75 Å². The van der Waals surface area contributed by atoms with Gasteiger partial charge in [0, 0.05) is 23.4 Å². The minimum Gasteiger partial charge on any atom is -0.306 e. The van der Waals surface area contributed by atoms with Crippen molar-refractivity contribution >= 4 is 21.2 Å². The Labute approximate surface area is 106 Å². The van der Waals surface area contributed by atoms with E-state index in [9.17, 15) is 8.42 Å². The summed E-state index contributed by atoms with van der Waals surface area (Å²) < 4.78 is 23.0. The van der Waals surface area contributed by atoms with Gasteiger partial charge >= 0.3 is 0 Å². The molecule has 0 fully saturated rings. The van der Waals surface area contributed by atoms with Crippen molar-refractivity contribution in [1.82, 2.24) is 10.3 Å². The van der Waals surface area contributed by atoms with E-state index in [-0.39, 0.29) is 17.0 Å². The number of rotatable bonds is 2. The molecule has 0 unspecified atom stereocenters. The molecule has 0 aliphatic carbocycles. The first-order chi connectivity index (χ1) is 7.75. The first-order valence-corrected chi connectivity index (χ1v) is 8.32. The fraction of sp³-hybridized carbons (Fsp3) is 0.727. The zero-order valence-corrected chi connectivity index (χ0v) is 12.0. The normalized spacial score (nSPS) is 19.0. The van der Waals surface area contributed by atoms with E-state index >= 15 is 0 Å². The predicted octanol–water partition coefficient (Wildman–Crippen LogP) is 1.50. The molecule has 0 radical (unpaired) electrons. The van der Waals surface area contributed by atoms with Crippen LogP contribution in [-0.2, 0) is 28.6 Å². The van der Waals surface area contributed by atoms with E-state index in [1.54, 1.807) is 0 Å². The summed E-state index contributed by atoms with van der Waals surface area (Å²) >= 11 is 1.53. The number of thiazole rings is 1. The Morgan fingerprint density at radius 1 is 1.41 bits per heavy atom. The molecular formula is C11H18N2O2S2. The predicted molar refractivity (Wildman–Crippen MR) is 69.9 cm³/mol. The lowest BCUT2D eigenvalue weighted by Gasteiger charge is -2.19. The molecule has 0 bridgehead atoms. The maximum Gasteiger partial charge on any atom is 0.155 e. The van der Waals surface area contributed by atoms with Gasteiger partial charge in [-0.05, 0) is 20.8 Å². The van der Waals surface area contributed by atoms with E-state index in [0.717, 1.165) is 15.6 Å². The van der Waals surface area contributed by atoms with Gasteiger partial charge in [-0.1, -0.05) is 0 Å². The molecule has 0 atom stereocenters. The topological polar surface area (TPSA) is 59.1 Å². The zero-order valence-electron chi connectivity index (χ0n) is 10.4. The molecule has 17 heavy (non-hydrogen) atoms. The fourth-order valence-electron chi connectivity index (χ4n) is 1.69. The summed E-state index contributed by atoms with van der Waals surface area (Å²) in [5.74, 6) is 0.422. The number of hydrogen-bond donors (Lipinski definition) is 1. The smallest absolute Gasteiger partial charge is 0.155 e. The van der Waals surface area contributed by atoms with Gasteiger partial charge in [0.2, 0.25) is 0 Å². The van der Waals surface area contributed by atoms with E-state index < -0.39 is 9.84 Å². The maximum absolute atomic E-state index is 11.5. The van der Waals surface area contributed by atoms with Crippen LogP contribution >= 0.6 is 11.3 Å². The number of nitrogens with one attached hydrogen (secondary N) is 1. The van der Waals surface area contributed by atoms with Gasteiger partial charge in [0.05, 0.1) is 17.2 Å². The second-order valence-corrected chi connectivity index (χ2v) is 8.78. The lowest BCUT2D eigenvalue weighted by atomic mass is 10.1. The zero-order chi connectivity index (χ0) is 12.7. The van der Waals surface area contributed by atoms with Crippen LogP contribution in [0.1, 0.15) is 36.3 Å². The quantitative estimate of drug-likeness (QED) is 0.888. The molecular weight excluding hydrogens is 256 g/mol. The highest BCUT2D eigenvalue weighted by molar-refractivity contribution is 7.90. The van der Waals surface area contributed by atoms with Gasteiger partial charge in [-0.15, -0.1) is 11.3 Å². The molecule has 2 rings (SSSR count). The average Bonchev–Trinajstić information content (AvgIpc) is 2.54. The number of sulfone groups is 1. The highest BCUT2D eigenvalue weighted by atomic mass is 32.2. The van der Waals surface area contributed by atoms with Crippen LogP contribution in [0, 0.1) is 0 Å². The highest BCUT2D eigenvalue weighted by Crippen LogP contribution is 2.26. The fourth-order valence-corrected chi connectivity index (χ4v) is 4.52. The summed E-state index contributed by atoms with van der Waals surface area (Å²) in [4.78, 5) is 5.44. The molecule has 0 amide bonds. The third-order valence-electron chi connectivity index (χ3n) is 2.59. The standard InChI is InChI=1S/C11H18N2O2S2/c1-11(2,3)12-6-10-13-8-4-5-17(14,15)7-9(8)16-10/h12H,4-7H2,1-3H3. The van der Waals surface area contributed by atoms with Crippen LogP contribution in [0.2, 0.25) is 0 Å². The molecule has 1 aliphatic heterocycles. The van der Waals surface area contributed by atoms with Gasteiger partial charge in [-0.25, -0.2) is 13.4 Å². The second-order valence-electron chi connectivity index (χ2n) is 5.42. The Balaban J connectivity index is 2.11. The molecule has 96 valence electrons. The molecule has 0 saturated carbocycles. The summed E-state index contributed by atoms with van der Waals surface area (Å²) in [6.45, 7) is 7.02. The van der Waals surface area contributed by atoms with Crippen molar-refractivity contribution in [2.45, 2.75) is 45.0 Å². The number of fused-ring (bicyclic) bond motifs is 1. The minimum atomic E-state index is -2.88. The first kappa shape index (κ1) is 13.0. The first-order valence-electron chi connectivity index (χ1n) is 5.68. The number of aryl methyl sites for hydroxylation is 1. The minimum absolute atomic E-state index is 0.0538. The number of aromatic nitrogens is 1. The maximum atomic E-state index is 11.5. The second kappa shape index (κ2) is 4.33. The van der Waals surface area contributed by atoms with Gasteiger partial charge < -0.3 is 5.32 Å². The Morgan fingerprint density at radius 3 is 2.76 bits per heavy atom. The lowest BCUT2D eigenvalue weighted by Crippen LogP contribution is -2.35. The highest BCUT2D eigenvalue weighted by Gasteiger charge is 2.25. The number of hydrogen-bond acceptors (Lipinski definition) is 5. The monoisotopic (exact) mass is 274 g/mol. The largest absolute Gasteiger partial charge is 0.306 e. The van der Waals surface area contributed by atoms with E-state index in [4.69, 9.17) is 0 Å². The summed E-state index contributed by atoms with van der Waals surface area (Å²) in [6, 6.07) is 0. The number of nitrogens with zero attached hydrogens (tertiary/aromatic N) is 1. The molecule has 6 heteroatoms. The third-order valence-corrected chi connectivity index (χ3v) is 5.43. The van der Waals surface area contributed by atoms with Crippen molar-refractivity contribution in [3.05, 3.63) is 15.6 Å². The van der Waals surface area contributed by atoms with Crippen molar-refractivity contribution in [3.63, 3.8) is 0 Å². The molecule has 0 aromatic carbocycles. The Kier molecular flexibility index (Phi) is 3.31. The van der Waals surface area contributed by atoms with Crippen molar-refractivity contribution < 1.29 is 8.42 Å². The lowest BCUT2D eigenvalue weighted by molar-refractivity contribution is 0.423. The molecule has 0 saturated heterocycles. The molecule has 0 spiro atoms. The van der Waals surface area contributed by atoms with Crippen molar-refractivity contribution in [3.8, 4) is 0 Å². The van der Waals surface area contributed by atoms with Crippen LogP contribution in [0.3, 0.4) is 0 Å². The molecule has 2 heterocycles. The summed E-state index contributed by atoms with van der Waals surface area (Å²) in [6.07, 6.45) is 0.573. The summed E-state index contributed by atoms with van der Waals surface area (Å²) in [7, 11) is -2.88. The van der Waals surface area contributed by atoms with Gasteiger partial charge in [0.25, 0.3) is 0 Å². The molecule has 1 N–H and O–H groups in total. The van der Waals surface area contributed by atoms with Crippen LogP contribution in [-0.4, -0.2) is 24.7 Å². The van der Waals surface area contributed by atoms with Gasteiger partial charge in [0.15, 0.2) is 9.84 Å². The van der Waals surface area contributed by atoms with Crippen LogP contribution < -0.4 is 5.32 Å². The van der Waals surface area contributed by atoms with E-state index in [1.807, 2.05) is 0 Å². The molecule has 1 aliphatic rings. The van der Waals surface area contributed by atoms with Crippen LogP contribution in [0.15, 0.2) is 0 Å². The Morgan fingerprint density at radius 2 is 2.12 bits per heavy atom. The van der Waals surface area contributed by atoms with Crippen molar-refractivity contribution in [2.24, 2.45) is 0 Å². The van der Waals surface area contributed by atoms with Crippen LogP contribution in [0.25, 0.3) is 0 Å². The van der Waals surface area contributed by atoms with Gasteiger partial charge in [-0.3, -0.25) is 0 Å². The summed E-state index contributed by atoms with van der Waals surface area (Å²) in [5, 5.41) is 4.35. The van der Waals surface area contributed by atoms with Crippen LogP contribution in [0.5, 0.6) is 0 Å². The molecule has 4 nitrogen and oxygen atoms in total. The summed E-state index contributed by atoms with van der Waals surface area (Å²) in [5.41, 5.74) is 1.04. The van der Waals surface area contributed by atoms with E-state index in [1.165, 1.54) is 11.3 Å². The van der Waals surface area contributed by atoms with Gasteiger partial charge in [0.1, 0.15) is 5.01 Å². The van der Waals surface area contributed by atoms with Crippen molar-refractivity contribution in [1.29, 1.82) is 0 Å². The third kappa shape index (κ3) is 3.50. The Hall–Kier alpha value is -0.460.